The molecule has 1 aliphatic heterocycles. The van der Waals surface area contributed by atoms with Gasteiger partial charge in [-0.3, -0.25) is 5.21 Å². The highest BCUT2D eigenvalue weighted by molar-refractivity contribution is 5.99. The van der Waals surface area contributed by atoms with Crippen molar-refractivity contribution in [1.29, 1.82) is 0 Å². The van der Waals surface area contributed by atoms with E-state index in [0.29, 0.717) is 11.1 Å². The second-order valence-corrected chi connectivity index (χ2v) is 5.04. The van der Waals surface area contributed by atoms with Gasteiger partial charge in [0.2, 0.25) is 12.1 Å². The van der Waals surface area contributed by atoms with E-state index in [9.17, 15) is 15.4 Å². The van der Waals surface area contributed by atoms with E-state index in [1.807, 2.05) is 0 Å². The molecule has 0 saturated carbocycles. The summed E-state index contributed by atoms with van der Waals surface area (Å²) >= 11 is 0. The van der Waals surface area contributed by atoms with Crippen LogP contribution in [0, 0.1) is 0 Å². The predicted molar refractivity (Wildman–Crippen MR) is 83.3 cm³/mol. The Labute approximate surface area is 137 Å². The maximum atomic E-state index is 10.4. The number of hydroxylamine groups is 2. The predicted octanol–water partition coefficient (Wildman–Crippen LogP) is 2.20. The molecule has 1 heterocycles. The number of phenolic OH excluding ortho intramolecular Hbond substituents is 2. The quantitative estimate of drug-likeness (QED) is 0.788. The number of nitrogens with zero attached hydrogens (tertiary/aromatic N) is 2. The average molecular weight is 332 g/mol. The van der Waals surface area contributed by atoms with Gasteiger partial charge in [0.05, 0.1) is 14.2 Å². The van der Waals surface area contributed by atoms with Crippen molar-refractivity contribution in [2.75, 3.05) is 14.2 Å². The first kappa shape index (κ1) is 15.8. The average Bonchev–Trinajstić information content (AvgIpc) is 2.97. The van der Waals surface area contributed by atoms with Crippen LogP contribution in [-0.2, 0) is 4.84 Å². The van der Waals surface area contributed by atoms with Gasteiger partial charge in [0, 0.05) is 11.1 Å². The molecule has 0 saturated heterocycles. The van der Waals surface area contributed by atoms with Crippen molar-refractivity contribution in [1.82, 2.24) is 5.06 Å². The Hall–Kier alpha value is -3.13. The van der Waals surface area contributed by atoms with Gasteiger partial charge in [-0.05, 0) is 36.4 Å². The zero-order valence-electron chi connectivity index (χ0n) is 13.0. The molecule has 8 nitrogen and oxygen atoms in total. The number of phenols is 2. The summed E-state index contributed by atoms with van der Waals surface area (Å²) < 4.78 is 10.1. The van der Waals surface area contributed by atoms with Crippen molar-refractivity contribution in [3.05, 3.63) is 47.5 Å². The van der Waals surface area contributed by atoms with Gasteiger partial charge in [0.1, 0.15) is 0 Å². The van der Waals surface area contributed by atoms with Crippen LogP contribution >= 0.6 is 0 Å². The minimum atomic E-state index is -0.894. The molecule has 2 aromatic carbocycles. The molecule has 0 amide bonds. The molecule has 2 aromatic rings. The number of hydrogen-bond acceptors (Lipinski definition) is 8. The summed E-state index contributed by atoms with van der Waals surface area (Å²) in [5.74, 6) is 0.617. The highest BCUT2D eigenvalue weighted by Gasteiger charge is 2.32. The molecule has 0 radical (unpaired) electrons. The molecule has 0 spiro atoms. The van der Waals surface area contributed by atoms with Gasteiger partial charge in [-0.15, -0.1) is 0 Å². The van der Waals surface area contributed by atoms with Crippen molar-refractivity contribution in [2.24, 2.45) is 5.16 Å². The Morgan fingerprint density at radius 3 is 2.29 bits per heavy atom. The molecule has 1 aliphatic rings. The van der Waals surface area contributed by atoms with E-state index < -0.39 is 6.23 Å². The van der Waals surface area contributed by atoms with Crippen LogP contribution in [0.5, 0.6) is 23.0 Å². The molecule has 0 aromatic heterocycles. The molecule has 0 aliphatic carbocycles. The first-order valence-corrected chi connectivity index (χ1v) is 7.01. The number of aromatic hydroxyl groups is 2. The maximum absolute atomic E-state index is 10.4. The Morgan fingerprint density at radius 1 is 1.00 bits per heavy atom. The van der Waals surface area contributed by atoms with Gasteiger partial charge < -0.3 is 24.5 Å². The van der Waals surface area contributed by atoms with Crippen molar-refractivity contribution in [2.45, 2.75) is 6.23 Å². The molecular formula is C16H16N2O6. The number of hydrogen-bond donors (Lipinski definition) is 3. The first-order chi connectivity index (χ1) is 11.5. The van der Waals surface area contributed by atoms with Gasteiger partial charge in [0.25, 0.3) is 0 Å². The molecular weight excluding hydrogens is 316 g/mol. The number of ether oxygens (including phenoxy) is 2. The number of oxime groups is 1. The summed E-state index contributed by atoms with van der Waals surface area (Å²) in [5.41, 5.74) is 1.04. The topological polar surface area (TPSA) is 104 Å². The smallest absolute Gasteiger partial charge is 0.250 e. The van der Waals surface area contributed by atoms with E-state index >= 15 is 0 Å². The zero-order valence-corrected chi connectivity index (χ0v) is 13.0. The van der Waals surface area contributed by atoms with E-state index in [1.165, 1.54) is 32.4 Å². The van der Waals surface area contributed by atoms with Crippen molar-refractivity contribution in [3.63, 3.8) is 0 Å². The Bertz CT molecular complexity index is 792. The highest BCUT2D eigenvalue weighted by Crippen LogP contribution is 2.35. The molecule has 8 heteroatoms. The van der Waals surface area contributed by atoms with Gasteiger partial charge >= 0.3 is 0 Å². The fraction of sp³-hybridized carbons (Fsp3) is 0.188. The minimum absolute atomic E-state index is 0.0202. The van der Waals surface area contributed by atoms with Crippen molar-refractivity contribution in [3.8, 4) is 23.0 Å². The van der Waals surface area contributed by atoms with Crippen LogP contribution in [-0.4, -0.2) is 40.5 Å². The third-order valence-corrected chi connectivity index (χ3v) is 3.61. The third-order valence-electron chi connectivity index (χ3n) is 3.61. The lowest BCUT2D eigenvalue weighted by Crippen LogP contribution is -2.27. The molecule has 0 fully saturated rings. The summed E-state index contributed by atoms with van der Waals surface area (Å²) in [6, 6.07) is 9.10. The Kier molecular flexibility index (Phi) is 4.05. The lowest BCUT2D eigenvalue weighted by molar-refractivity contribution is -0.139. The van der Waals surface area contributed by atoms with Gasteiger partial charge in [-0.25, -0.2) is 0 Å². The third kappa shape index (κ3) is 2.63. The van der Waals surface area contributed by atoms with Gasteiger partial charge in [-0.1, -0.05) is 5.16 Å². The van der Waals surface area contributed by atoms with Crippen LogP contribution in [0.15, 0.2) is 41.6 Å². The summed E-state index contributed by atoms with van der Waals surface area (Å²) in [4.78, 5) is 5.28. The number of amidine groups is 1. The van der Waals surface area contributed by atoms with E-state index in [4.69, 9.17) is 14.3 Å². The summed E-state index contributed by atoms with van der Waals surface area (Å²) in [7, 11) is 2.85. The van der Waals surface area contributed by atoms with Gasteiger partial charge in [-0.2, -0.15) is 5.06 Å². The van der Waals surface area contributed by atoms with Crippen LogP contribution in [0.1, 0.15) is 17.4 Å². The standard InChI is InChI=1S/C16H16N2O6/c1-22-13-7-9(3-5-11(13)19)15-17-24-16(18(15)21)10-4-6-12(20)14(8-10)23-2/h3-8,16,19-21H,1-2H3. The van der Waals surface area contributed by atoms with Gasteiger partial charge in [0.15, 0.2) is 23.0 Å². The zero-order chi connectivity index (χ0) is 17.3. The first-order valence-electron chi connectivity index (χ1n) is 7.01. The maximum Gasteiger partial charge on any atom is 0.250 e. The fourth-order valence-corrected chi connectivity index (χ4v) is 2.35. The number of benzene rings is 2. The summed E-state index contributed by atoms with van der Waals surface area (Å²) in [6.45, 7) is 0. The Balaban J connectivity index is 1.88. The van der Waals surface area contributed by atoms with Crippen molar-refractivity contribution < 1.29 is 29.7 Å². The van der Waals surface area contributed by atoms with Crippen LogP contribution in [0.25, 0.3) is 0 Å². The van der Waals surface area contributed by atoms with E-state index in [1.54, 1.807) is 18.2 Å². The van der Waals surface area contributed by atoms with E-state index in [2.05, 4.69) is 5.16 Å². The summed E-state index contributed by atoms with van der Waals surface area (Å²) in [5, 5.41) is 34.4. The fourth-order valence-electron chi connectivity index (χ4n) is 2.35. The molecule has 0 bridgehead atoms. The lowest BCUT2D eigenvalue weighted by atomic mass is 10.1. The van der Waals surface area contributed by atoms with Crippen LogP contribution in [0.2, 0.25) is 0 Å². The van der Waals surface area contributed by atoms with E-state index in [-0.39, 0.29) is 28.8 Å². The van der Waals surface area contributed by atoms with Crippen LogP contribution in [0.3, 0.4) is 0 Å². The molecule has 3 rings (SSSR count). The second-order valence-electron chi connectivity index (χ2n) is 5.04. The molecule has 126 valence electrons. The van der Waals surface area contributed by atoms with Crippen LogP contribution in [0.4, 0.5) is 0 Å². The molecule has 1 unspecified atom stereocenters. The SMILES string of the molecule is COc1cc(C2=NOC(c3ccc(O)c(OC)c3)N2O)ccc1O. The number of methoxy groups -OCH3 is 2. The summed E-state index contributed by atoms with van der Waals surface area (Å²) in [6.07, 6.45) is -0.894. The normalized spacial score (nSPS) is 16.5. The highest BCUT2D eigenvalue weighted by atomic mass is 16.7. The monoisotopic (exact) mass is 332 g/mol. The molecule has 24 heavy (non-hydrogen) atoms. The minimum Gasteiger partial charge on any atom is -0.504 e. The largest absolute Gasteiger partial charge is 0.504 e. The Morgan fingerprint density at radius 2 is 1.62 bits per heavy atom. The molecule has 3 N–H and O–H groups in total. The van der Waals surface area contributed by atoms with E-state index in [0.717, 1.165) is 5.06 Å². The number of rotatable bonds is 4. The lowest BCUT2D eigenvalue weighted by Gasteiger charge is -2.19. The van der Waals surface area contributed by atoms with Crippen molar-refractivity contribution >= 4 is 5.84 Å². The van der Waals surface area contributed by atoms with Crippen LogP contribution < -0.4 is 9.47 Å². The molecule has 1 atom stereocenters. The second kappa shape index (κ2) is 6.17.